The molecule has 2 rings (SSSR count). The molecule has 0 spiro atoms. The number of hydrogen-bond acceptors (Lipinski definition) is 3. The summed E-state index contributed by atoms with van der Waals surface area (Å²) < 4.78 is 15.1. The van der Waals surface area contributed by atoms with Gasteiger partial charge in [0.25, 0.3) is 0 Å². The van der Waals surface area contributed by atoms with Crippen molar-refractivity contribution in [3.05, 3.63) is 47.1 Å². The monoisotopic (exact) mass is 281 g/mol. The topological polar surface area (TPSA) is 12.0 Å². The Bertz CT molecular complexity index is 497. The van der Waals surface area contributed by atoms with E-state index in [1.54, 1.807) is 17.4 Å². The van der Waals surface area contributed by atoms with E-state index in [1.165, 1.54) is 17.8 Å². The summed E-state index contributed by atoms with van der Waals surface area (Å²) in [5.74, 6) is -0.143. The average Bonchev–Trinajstić information content (AvgIpc) is 2.85. The molecular formula is C14H16FNS2. The number of nitrogens with one attached hydrogen (secondary N) is 1. The van der Waals surface area contributed by atoms with Gasteiger partial charge in [-0.25, -0.2) is 4.39 Å². The van der Waals surface area contributed by atoms with Crippen molar-refractivity contribution < 1.29 is 4.39 Å². The Balaban J connectivity index is 2.32. The first-order valence-corrected chi connectivity index (χ1v) is 7.65. The molecule has 2 aromatic rings. The SMILES string of the molecule is CCNC(C)c1cccc(F)c1Sc1cccs1. The van der Waals surface area contributed by atoms with E-state index in [-0.39, 0.29) is 11.9 Å². The van der Waals surface area contributed by atoms with Crippen LogP contribution in [0.4, 0.5) is 4.39 Å². The summed E-state index contributed by atoms with van der Waals surface area (Å²) in [6.07, 6.45) is 0. The first-order chi connectivity index (χ1) is 8.72. The minimum Gasteiger partial charge on any atom is -0.310 e. The van der Waals surface area contributed by atoms with Crippen molar-refractivity contribution in [3.63, 3.8) is 0 Å². The number of hydrogen-bond donors (Lipinski definition) is 1. The van der Waals surface area contributed by atoms with Gasteiger partial charge < -0.3 is 5.32 Å². The van der Waals surface area contributed by atoms with Crippen LogP contribution in [-0.4, -0.2) is 6.54 Å². The van der Waals surface area contributed by atoms with Crippen LogP contribution in [0.3, 0.4) is 0 Å². The van der Waals surface area contributed by atoms with Gasteiger partial charge in [0, 0.05) is 6.04 Å². The summed E-state index contributed by atoms with van der Waals surface area (Å²) in [5.41, 5.74) is 1.02. The van der Waals surface area contributed by atoms with E-state index in [0.29, 0.717) is 0 Å². The van der Waals surface area contributed by atoms with Gasteiger partial charge in [-0.1, -0.05) is 36.9 Å². The molecule has 18 heavy (non-hydrogen) atoms. The minimum atomic E-state index is -0.143. The second-order valence-corrected chi connectivity index (χ2v) is 6.23. The van der Waals surface area contributed by atoms with E-state index in [4.69, 9.17) is 0 Å². The van der Waals surface area contributed by atoms with Gasteiger partial charge in [0.05, 0.1) is 9.10 Å². The summed E-state index contributed by atoms with van der Waals surface area (Å²) in [5, 5.41) is 5.34. The molecule has 4 heteroatoms. The summed E-state index contributed by atoms with van der Waals surface area (Å²) in [6, 6.07) is 9.46. The molecule has 1 aromatic carbocycles. The highest BCUT2D eigenvalue weighted by molar-refractivity contribution is 8.01. The van der Waals surface area contributed by atoms with Gasteiger partial charge in [0.1, 0.15) is 5.82 Å². The van der Waals surface area contributed by atoms with Gasteiger partial charge in [-0.3, -0.25) is 0 Å². The molecule has 1 unspecified atom stereocenters. The molecule has 0 saturated heterocycles. The molecule has 0 fully saturated rings. The normalized spacial score (nSPS) is 12.6. The zero-order chi connectivity index (χ0) is 13.0. The number of benzene rings is 1. The Morgan fingerprint density at radius 1 is 1.33 bits per heavy atom. The Morgan fingerprint density at radius 3 is 2.83 bits per heavy atom. The van der Waals surface area contributed by atoms with Crippen LogP contribution in [0.25, 0.3) is 0 Å². The van der Waals surface area contributed by atoms with Crippen molar-refractivity contribution in [3.8, 4) is 0 Å². The zero-order valence-corrected chi connectivity index (χ0v) is 12.1. The second kappa shape index (κ2) is 6.36. The van der Waals surface area contributed by atoms with E-state index in [1.807, 2.05) is 23.6 Å². The van der Waals surface area contributed by atoms with E-state index in [0.717, 1.165) is 21.2 Å². The van der Waals surface area contributed by atoms with E-state index < -0.39 is 0 Å². The average molecular weight is 281 g/mol. The van der Waals surface area contributed by atoms with Gasteiger partial charge in [-0.15, -0.1) is 11.3 Å². The Kier molecular flexibility index (Phi) is 4.80. The van der Waals surface area contributed by atoms with Crippen LogP contribution < -0.4 is 5.32 Å². The highest BCUT2D eigenvalue weighted by atomic mass is 32.2. The molecule has 0 aliphatic carbocycles. The van der Waals surface area contributed by atoms with Gasteiger partial charge >= 0.3 is 0 Å². The van der Waals surface area contributed by atoms with E-state index in [2.05, 4.69) is 19.2 Å². The third-order valence-corrected chi connectivity index (χ3v) is 4.84. The third-order valence-electron chi connectivity index (χ3n) is 2.67. The van der Waals surface area contributed by atoms with Crippen LogP contribution in [-0.2, 0) is 0 Å². The van der Waals surface area contributed by atoms with Crippen LogP contribution in [0.1, 0.15) is 25.5 Å². The second-order valence-electron chi connectivity index (χ2n) is 3.97. The summed E-state index contributed by atoms with van der Waals surface area (Å²) >= 11 is 3.14. The smallest absolute Gasteiger partial charge is 0.137 e. The van der Waals surface area contributed by atoms with Crippen LogP contribution in [0.5, 0.6) is 0 Å². The first-order valence-electron chi connectivity index (χ1n) is 5.95. The van der Waals surface area contributed by atoms with Gasteiger partial charge in [0.2, 0.25) is 0 Å². The lowest BCUT2D eigenvalue weighted by atomic mass is 10.1. The number of halogens is 1. The van der Waals surface area contributed by atoms with E-state index >= 15 is 0 Å². The van der Waals surface area contributed by atoms with Crippen molar-refractivity contribution >= 4 is 23.1 Å². The van der Waals surface area contributed by atoms with Crippen molar-refractivity contribution in [2.45, 2.75) is 29.0 Å². The molecule has 0 saturated carbocycles. The lowest BCUT2D eigenvalue weighted by molar-refractivity contribution is 0.558. The lowest BCUT2D eigenvalue weighted by Gasteiger charge is -2.17. The van der Waals surface area contributed by atoms with Crippen molar-refractivity contribution in [1.82, 2.24) is 5.32 Å². The molecular weight excluding hydrogens is 265 g/mol. The van der Waals surface area contributed by atoms with Crippen molar-refractivity contribution in [1.29, 1.82) is 0 Å². The van der Waals surface area contributed by atoms with Crippen molar-refractivity contribution in [2.75, 3.05) is 6.54 Å². The standard InChI is InChI=1S/C14H16FNS2/c1-3-16-10(2)11-6-4-7-12(15)14(11)18-13-8-5-9-17-13/h4-10,16H,3H2,1-2H3. The molecule has 1 N–H and O–H groups in total. The highest BCUT2D eigenvalue weighted by Crippen LogP contribution is 2.37. The fraction of sp³-hybridized carbons (Fsp3) is 0.286. The quantitative estimate of drug-likeness (QED) is 0.852. The Morgan fingerprint density at radius 2 is 2.17 bits per heavy atom. The van der Waals surface area contributed by atoms with Crippen LogP contribution in [0.2, 0.25) is 0 Å². The minimum absolute atomic E-state index is 0.143. The predicted molar refractivity (Wildman–Crippen MR) is 76.9 cm³/mol. The van der Waals surface area contributed by atoms with Gasteiger partial charge in [-0.05, 0) is 36.5 Å². The summed E-state index contributed by atoms with van der Waals surface area (Å²) in [6.45, 7) is 5.00. The molecule has 1 aromatic heterocycles. The maximum Gasteiger partial charge on any atom is 0.137 e. The molecule has 1 heterocycles. The Hall–Kier alpha value is -0.840. The van der Waals surface area contributed by atoms with Crippen LogP contribution in [0.15, 0.2) is 44.8 Å². The highest BCUT2D eigenvalue weighted by Gasteiger charge is 2.15. The van der Waals surface area contributed by atoms with Crippen LogP contribution >= 0.6 is 23.1 Å². The van der Waals surface area contributed by atoms with E-state index in [9.17, 15) is 4.39 Å². The lowest BCUT2D eigenvalue weighted by Crippen LogP contribution is -2.18. The zero-order valence-electron chi connectivity index (χ0n) is 10.4. The summed E-state index contributed by atoms with van der Waals surface area (Å²) in [7, 11) is 0. The number of thiophene rings is 1. The molecule has 0 amide bonds. The third kappa shape index (κ3) is 3.13. The molecule has 0 aliphatic rings. The summed E-state index contributed by atoms with van der Waals surface area (Å²) in [4.78, 5) is 0.730. The fourth-order valence-corrected chi connectivity index (χ4v) is 3.75. The predicted octanol–water partition coefficient (Wildman–Crippen LogP) is 4.71. The van der Waals surface area contributed by atoms with Gasteiger partial charge in [-0.2, -0.15) is 0 Å². The molecule has 0 bridgehead atoms. The van der Waals surface area contributed by atoms with Gasteiger partial charge in [0.15, 0.2) is 0 Å². The van der Waals surface area contributed by atoms with Crippen LogP contribution in [0, 0.1) is 5.82 Å². The fourth-order valence-electron chi connectivity index (χ4n) is 1.81. The molecule has 1 atom stereocenters. The van der Waals surface area contributed by atoms with Crippen molar-refractivity contribution in [2.24, 2.45) is 0 Å². The molecule has 96 valence electrons. The molecule has 0 radical (unpaired) electrons. The number of rotatable bonds is 5. The molecule has 1 nitrogen and oxygen atoms in total. The molecule has 0 aliphatic heterocycles. The first kappa shape index (κ1) is 13.6. The maximum atomic E-state index is 14.0. The largest absolute Gasteiger partial charge is 0.310 e. The maximum absolute atomic E-state index is 14.0. The Labute approximate surface area is 115 Å².